The van der Waals surface area contributed by atoms with Crippen LogP contribution in [-0.4, -0.2) is 54.8 Å². The van der Waals surface area contributed by atoms with E-state index in [0.29, 0.717) is 23.6 Å². The van der Waals surface area contributed by atoms with Crippen molar-refractivity contribution in [2.45, 2.75) is 51.7 Å². The van der Waals surface area contributed by atoms with Crippen molar-refractivity contribution in [3.8, 4) is 11.5 Å². The van der Waals surface area contributed by atoms with Gasteiger partial charge >= 0.3 is 5.97 Å². The van der Waals surface area contributed by atoms with Crippen molar-refractivity contribution < 1.29 is 14.3 Å². The lowest BCUT2D eigenvalue weighted by Gasteiger charge is -2.32. The highest BCUT2D eigenvalue weighted by atomic mass is 16.5. The highest BCUT2D eigenvalue weighted by molar-refractivity contribution is 5.96. The molecule has 0 bridgehead atoms. The van der Waals surface area contributed by atoms with Crippen molar-refractivity contribution in [2.24, 2.45) is 5.73 Å². The second-order valence-corrected chi connectivity index (χ2v) is 8.66. The average molecular weight is 466 g/mol. The molecule has 182 valence electrons. The molecule has 1 aliphatic heterocycles. The lowest BCUT2D eigenvalue weighted by Crippen LogP contribution is -2.41. The first-order chi connectivity index (χ1) is 16.3. The molecule has 1 atom stereocenters. The summed E-state index contributed by atoms with van der Waals surface area (Å²) in [4.78, 5) is 17.0. The summed E-state index contributed by atoms with van der Waals surface area (Å²) >= 11 is 0. The number of ether oxygens (including phenoxy) is 2. The van der Waals surface area contributed by atoms with Gasteiger partial charge in [-0.2, -0.15) is 0 Å². The van der Waals surface area contributed by atoms with E-state index in [-0.39, 0.29) is 17.9 Å². The zero-order valence-electron chi connectivity index (χ0n) is 20.2. The maximum absolute atomic E-state index is 13.0. The SMILES string of the molecule is CCC[C@H](C(=O)Oc1ccc(OC2CCN(C(C)=N)CC2)cc1)N(C)c1cccc(C(=N)N)c1. The van der Waals surface area contributed by atoms with Crippen LogP contribution in [0.5, 0.6) is 11.5 Å². The molecule has 0 aliphatic carbocycles. The molecule has 4 N–H and O–H groups in total. The Morgan fingerprint density at radius 2 is 1.79 bits per heavy atom. The summed E-state index contributed by atoms with van der Waals surface area (Å²) < 4.78 is 11.8. The number of amidine groups is 2. The maximum Gasteiger partial charge on any atom is 0.334 e. The number of likely N-dealkylation sites (N-methyl/N-ethyl adjacent to an activating group) is 1. The molecular weight excluding hydrogens is 430 g/mol. The highest BCUT2D eigenvalue weighted by Crippen LogP contribution is 2.24. The van der Waals surface area contributed by atoms with Crippen molar-refractivity contribution in [3.05, 3.63) is 54.1 Å². The number of benzene rings is 2. The van der Waals surface area contributed by atoms with Gasteiger partial charge in [0.1, 0.15) is 29.5 Å². The highest BCUT2D eigenvalue weighted by Gasteiger charge is 2.25. The molecule has 0 saturated carbocycles. The third kappa shape index (κ3) is 6.50. The van der Waals surface area contributed by atoms with Crippen molar-refractivity contribution in [3.63, 3.8) is 0 Å². The number of carbonyl (C=O) groups is 1. The number of esters is 1. The van der Waals surface area contributed by atoms with E-state index in [2.05, 4.69) is 4.90 Å². The van der Waals surface area contributed by atoms with Crippen LogP contribution in [0.1, 0.15) is 45.1 Å². The Kier molecular flexibility index (Phi) is 8.51. The van der Waals surface area contributed by atoms with Crippen LogP contribution in [0.2, 0.25) is 0 Å². The molecular formula is C26H35N5O3. The van der Waals surface area contributed by atoms with E-state index in [1.807, 2.05) is 50.1 Å². The largest absolute Gasteiger partial charge is 0.490 e. The van der Waals surface area contributed by atoms with E-state index in [1.165, 1.54) is 0 Å². The van der Waals surface area contributed by atoms with E-state index < -0.39 is 6.04 Å². The minimum absolute atomic E-state index is 0.0115. The number of nitrogens with two attached hydrogens (primary N) is 1. The van der Waals surface area contributed by atoms with Crippen molar-refractivity contribution in [2.75, 3.05) is 25.0 Å². The Balaban J connectivity index is 1.61. The Morgan fingerprint density at radius 3 is 2.38 bits per heavy atom. The van der Waals surface area contributed by atoms with Crippen LogP contribution < -0.4 is 20.1 Å². The zero-order valence-corrected chi connectivity index (χ0v) is 20.2. The molecule has 3 rings (SSSR count). The molecule has 0 aromatic heterocycles. The number of hydrogen-bond acceptors (Lipinski definition) is 6. The second kappa shape index (κ2) is 11.5. The van der Waals surface area contributed by atoms with Gasteiger partial charge in [0.2, 0.25) is 0 Å². The average Bonchev–Trinajstić information content (AvgIpc) is 2.83. The van der Waals surface area contributed by atoms with E-state index in [0.717, 1.165) is 43.8 Å². The summed E-state index contributed by atoms with van der Waals surface area (Å²) in [6, 6.07) is 14.0. The van der Waals surface area contributed by atoms with Gasteiger partial charge in [0.05, 0.1) is 5.84 Å². The van der Waals surface area contributed by atoms with E-state index in [9.17, 15) is 4.79 Å². The number of carbonyl (C=O) groups excluding carboxylic acids is 1. The number of likely N-dealkylation sites (tertiary alicyclic amines) is 1. The van der Waals surface area contributed by atoms with Gasteiger partial charge in [-0.3, -0.25) is 10.8 Å². The Bertz CT molecular complexity index is 1000. The summed E-state index contributed by atoms with van der Waals surface area (Å²) in [5, 5.41) is 15.4. The predicted molar refractivity (Wildman–Crippen MR) is 135 cm³/mol. The van der Waals surface area contributed by atoms with Crippen LogP contribution >= 0.6 is 0 Å². The van der Waals surface area contributed by atoms with Gasteiger partial charge in [0.25, 0.3) is 0 Å². The van der Waals surface area contributed by atoms with Gasteiger partial charge in [0.15, 0.2) is 0 Å². The van der Waals surface area contributed by atoms with Crippen LogP contribution in [0.3, 0.4) is 0 Å². The predicted octanol–water partition coefficient (Wildman–Crippen LogP) is 4.02. The van der Waals surface area contributed by atoms with Gasteiger partial charge in [-0.15, -0.1) is 0 Å². The number of nitrogens with one attached hydrogen (secondary N) is 2. The first-order valence-electron chi connectivity index (χ1n) is 11.7. The first-order valence-corrected chi connectivity index (χ1v) is 11.7. The van der Waals surface area contributed by atoms with Gasteiger partial charge < -0.3 is 25.0 Å². The third-order valence-corrected chi connectivity index (χ3v) is 6.13. The van der Waals surface area contributed by atoms with Gasteiger partial charge in [0, 0.05) is 44.2 Å². The summed E-state index contributed by atoms with van der Waals surface area (Å²) in [6.07, 6.45) is 3.33. The van der Waals surface area contributed by atoms with Crippen molar-refractivity contribution in [1.82, 2.24) is 4.90 Å². The Labute approximate surface area is 201 Å². The Morgan fingerprint density at radius 1 is 1.15 bits per heavy atom. The molecule has 2 aromatic rings. The van der Waals surface area contributed by atoms with Crippen LogP contribution in [-0.2, 0) is 4.79 Å². The number of hydrogen-bond donors (Lipinski definition) is 3. The maximum atomic E-state index is 13.0. The van der Waals surface area contributed by atoms with E-state index >= 15 is 0 Å². The quantitative estimate of drug-likeness (QED) is 0.223. The fourth-order valence-corrected chi connectivity index (χ4v) is 4.09. The summed E-state index contributed by atoms with van der Waals surface area (Å²) in [6.45, 7) is 5.50. The topological polar surface area (TPSA) is 116 Å². The van der Waals surface area contributed by atoms with E-state index in [1.54, 1.807) is 24.3 Å². The fraction of sp³-hybridized carbons (Fsp3) is 0.423. The number of nitrogen functional groups attached to an aromatic ring is 1. The van der Waals surface area contributed by atoms with Crippen LogP contribution in [0.15, 0.2) is 48.5 Å². The number of piperidine rings is 1. The molecule has 0 radical (unpaired) electrons. The summed E-state index contributed by atoms with van der Waals surface area (Å²) in [7, 11) is 1.85. The lowest BCUT2D eigenvalue weighted by atomic mass is 10.1. The molecule has 0 spiro atoms. The van der Waals surface area contributed by atoms with Gasteiger partial charge in [-0.1, -0.05) is 25.5 Å². The van der Waals surface area contributed by atoms with Crippen LogP contribution in [0.4, 0.5) is 5.69 Å². The molecule has 2 aromatic carbocycles. The van der Waals surface area contributed by atoms with E-state index in [4.69, 9.17) is 26.0 Å². The van der Waals surface area contributed by atoms with Crippen LogP contribution in [0, 0.1) is 10.8 Å². The molecule has 1 heterocycles. The molecule has 8 heteroatoms. The van der Waals surface area contributed by atoms with Gasteiger partial charge in [-0.25, -0.2) is 4.79 Å². The number of nitrogens with zero attached hydrogens (tertiary/aromatic N) is 2. The summed E-state index contributed by atoms with van der Waals surface area (Å²) in [5.74, 6) is 1.47. The molecule has 8 nitrogen and oxygen atoms in total. The molecule has 34 heavy (non-hydrogen) atoms. The van der Waals surface area contributed by atoms with Crippen molar-refractivity contribution in [1.29, 1.82) is 10.8 Å². The lowest BCUT2D eigenvalue weighted by molar-refractivity contribution is -0.136. The second-order valence-electron chi connectivity index (χ2n) is 8.66. The normalized spacial score (nSPS) is 14.9. The minimum atomic E-state index is -0.467. The third-order valence-electron chi connectivity index (χ3n) is 6.13. The number of anilines is 1. The monoisotopic (exact) mass is 465 g/mol. The smallest absolute Gasteiger partial charge is 0.334 e. The minimum Gasteiger partial charge on any atom is -0.490 e. The van der Waals surface area contributed by atoms with Crippen LogP contribution in [0.25, 0.3) is 0 Å². The molecule has 0 unspecified atom stereocenters. The summed E-state index contributed by atoms with van der Waals surface area (Å²) in [5.41, 5.74) is 7.04. The number of rotatable bonds is 9. The Hall–Kier alpha value is -3.55. The first kappa shape index (κ1) is 25.1. The zero-order chi connectivity index (χ0) is 24.7. The molecule has 1 fully saturated rings. The molecule has 0 amide bonds. The standard InChI is InChI=1S/C26H35N5O3/c1-4-6-24(30(3)20-8-5-7-19(17-20)25(28)29)26(32)34-22-11-9-21(10-12-22)33-23-13-15-31(16-14-23)18(2)27/h5,7-12,17,23-24,27H,4,6,13-16H2,1-3H3,(H3,28,29)/t24-/m1/s1. The molecule has 1 saturated heterocycles. The van der Waals surface area contributed by atoms with Crippen molar-refractivity contribution >= 4 is 23.3 Å². The van der Waals surface area contributed by atoms with Gasteiger partial charge in [-0.05, 0) is 49.7 Å². The fourth-order valence-electron chi connectivity index (χ4n) is 4.09. The molecule has 1 aliphatic rings.